The van der Waals surface area contributed by atoms with Crippen LogP contribution in [-0.2, 0) is 0 Å². The molecule has 9 heavy (non-hydrogen) atoms. The van der Waals surface area contributed by atoms with Crippen molar-refractivity contribution in [3.05, 3.63) is 5.82 Å². The van der Waals surface area contributed by atoms with Crippen LogP contribution >= 0.6 is 0 Å². The fourth-order valence-electron chi connectivity index (χ4n) is 0.553. The molecule has 2 N–H and O–H groups in total. The monoisotopic (exact) mass is 129 g/mol. The zero-order chi connectivity index (χ0) is 6.85. The first kappa shape index (κ1) is 6.00. The van der Waals surface area contributed by atoms with Gasteiger partial charge in [0.25, 0.3) is 0 Å². The lowest BCUT2D eigenvalue weighted by molar-refractivity contribution is -0.717. The van der Waals surface area contributed by atoms with Crippen molar-refractivity contribution in [2.24, 2.45) is 0 Å². The third kappa shape index (κ3) is 0.984. The number of hydrogen-bond acceptors (Lipinski definition) is 4. The van der Waals surface area contributed by atoms with E-state index < -0.39 is 0 Å². The average Bonchev–Trinajstić information content (AvgIpc) is 2.13. The van der Waals surface area contributed by atoms with Gasteiger partial charge in [0.2, 0.25) is 0 Å². The minimum absolute atomic E-state index is 0.251. The van der Waals surface area contributed by atoms with E-state index in [0.717, 1.165) is 4.79 Å². The fourth-order valence-corrected chi connectivity index (χ4v) is 0.553. The maximum absolute atomic E-state index is 5.29. The molecular weight excluding hydrogens is 120 g/mol. The summed E-state index contributed by atoms with van der Waals surface area (Å²) >= 11 is 0. The summed E-state index contributed by atoms with van der Waals surface area (Å²) in [5.41, 5.74) is 0. The summed E-state index contributed by atoms with van der Waals surface area (Å²) in [4.78, 5) is 1.13. The Morgan fingerprint density at radius 2 is 2.33 bits per heavy atom. The smallest absolute Gasteiger partial charge is 0.245 e. The summed E-state index contributed by atoms with van der Waals surface area (Å²) < 4.78 is 4.34. The van der Waals surface area contributed by atoms with Crippen LogP contribution in [0.3, 0.4) is 0 Å². The second-order valence-electron chi connectivity index (χ2n) is 2.11. The molecule has 0 aliphatic rings. The zero-order valence-corrected chi connectivity index (χ0v) is 5.40. The van der Waals surface area contributed by atoms with Crippen molar-refractivity contribution < 1.29 is 9.42 Å². The van der Waals surface area contributed by atoms with E-state index in [-0.39, 0.29) is 5.92 Å². The molecule has 50 valence electrons. The number of nitrogens with zero attached hydrogens (tertiary/aromatic N) is 3. The SMILES string of the molecule is CC(C)c1non[n+]1N. The van der Waals surface area contributed by atoms with Gasteiger partial charge in [-0.15, -0.1) is 0 Å². The number of aromatic nitrogens is 3. The van der Waals surface area contributed by atoms with E-state index in [1.807, 2.05) is 13.8 Å². The second kappa shape index (κ2) is 2.00. The Hall–Kier alpha value is -1.13. The van der Waals surface area contributed by atoms with Crippen molar-refractivity contribution in [2.45, 2.75) is 19.8 Å². The first-order valence-corrected chi connectivity index (χ1v) is 2.71. The summed E-state index contributed by atoms with van der Waals surface area (Å²) in [5, 5.41) is 6.91. The van der Waals surface area contributed by atoms with Crippen LogP contribution in [0.1, 0.15) is 25.6 Å². The van der Waals surface area contributed by atoms with Gasteiger partial charge < -0.3 is 0 Å². The molecule has 0 unspecified atom stereocenters. The zero-order valence-electron chi connectivity index (χ0n) is 5.40. The van der Waals surface area contributed by atoms with E-state index in [2.05, 4.69) is 15.1 Å². The Balaban J connectivity index is 2.94. The molecule has 0 spiro atoms. The van der Waals surface area contributed by atoms with Gasteiger partial charge >= 0.3 is 5.82 Å². The van der Waals surface area contributed by atoms with Gasteiger partial charge in [-0.2, -0.15) is 0 Å². The number of nitrogens with two attached hydrogens (primary N) is 1. The number of rotatable bonds is 1. The Kier molecular flexibility index (Phi) is 1.33. The molecule has 1 aromatic heterocycles. The van der Waals surface area contributed by atoms with Gasteiger partial charge in [-0.3, -0.25) is 0 Å². The molecule has 0 saturated carbocycles. The van der Waals surface area contributed by atoms with E-state index >= 15 is 0 Å². The van der Waals surface area contributed by atoms with Crippen LogP contribution in [-0.4, -0.2) is 10.4 Å². The standard InChI is InChI=1S/C4H9N4O/c1-3(2)4-6-9-7-8(4)5/h3H,1-2H3,(H2,5,7)/q+1. The van der Waals surface area contributed by atoms with Crippen LogP contribution in [0.4, 0.5) is 0 Å². The molecule has 0 radical (unpaired) electrons. The van der Waals surface area contributed by atoms with E-state index in [1.54, 1.807) is 0 Å². The molecule has 1 rings (SSSR count). The Labute approximate surface area is 52.4 Å². The summed E-state index contributed by atoms with van der Waals surface area (Å²) in [7, 11) is 0. The highest BCUT2D eigenvalue weighted by Gasteiger charge is 2.19. The molecule has 0 aromatic carbocycles. The molecule has 0 saturated heterocycles. The molecule has 0 atom stereocenters. The third-order valence-corrected chi connectivity index (χ3v) is 1.01. The molecule has 1 heterocycles. The van der Waals surface area contributed by atoms with Crippen LogP contribution in [0.15, 0.2) is 4.63 Å². The molecule has 0 aliphatic carbocycles. The fraction of sp³-hybridized carbons (Fsp3) is 0.750. The lowest BCUT2D eigenvalue weighted by Crippen LogP contribution is -2.49. The predicted molar refractivity (Wildman–Crippen MR) is 28.7 cm³/mol. The van der Waals surface area contributed by atoms with Gasteiger partial charge in [-0.1, -0.05) is 18.5 Å². The van der Waals surface area contributed by atoms with E-state index in [4.69, 9.17) is 5.84 Å². The minimum atomic E-state index is 0.251. The van der Waals surface area contributed by atoms with Gasteiger partial charge in [0, 0.05) is 4.79 Å². The van der Waals surface area contributed by atoms with Gasteiger partial charge in [0.05, 0.1) is 5.92 Å². The van der Waals surface area contributed by atoms with E-state index in [1.165, 1.54) is 0 Å². The van der Waals surface area contributed by atoms with Crippen LogP contribution in [0.2, 0.25) is 0 Å². The van der Waals surface area contributed by atoms with Crippen molar-refractivity contribution >= 4 is 0 Å². The largest absolute Gasteiger partial charge is 0.397 e. The Morgan fingerprint density at radius 3 is 2.56 bits per heavy atom. The Bertz CT molecular complexity index is 194. The summed E-state index contributed by atoms with van der Waals surface area (Å²) in [6.45, 7) is 3.92. The second-order valence-corrected chi connectivity index (χ2v) is 2.11. The predicted octanol–water partition coefficient (Wildman–Crippen LogP) is -0.806. The summed E-state index contributed by atoms with van der Waals surface area (Å²) in [5.74, 6) is 6.19. The van der Waals surface area contributed by atoms with Crippen LogP contribution in [0.25, 0.3) is 0 Å². The molecule has 0 fully saturated rings. The minimum Gasteiger partial charge on any atom is -0.245 e. The lowest BCUT2D eigenvalue weighted by atomic mass is 10.2. The highest BCUT2D eigenvalue weighted by atomic mass is 16.6. The quantitative estimate of drug-likeness (QED) is 0.398. The summed E-state index contributed by atoms with van der Waals surface area (Å²) in [6.07, 6.45) is 0. The maximum Gasteiger partial charge on any atom is 0.397 e. The third-order valence-electron chi connectivity index (χ3n) is 1.01. The maximum atomic E-state index is 5.29. The average molecular weight is 129 g/mol. The highest BCUT2D eigenvalue weighted by Crippen LogP contribution is 2.02. The van der Waals surface area contributed by atoms with Crippen molar-refractivity contribution in [3.8, 4) is 0 Å². The van der Waals surface area contributed by atoms with Crippen LogP contribution in [0, 0.1) is 0 Å². The molecule has 0 amide bonds. The van der Waals surface area contributed by atoms with Crippen LogP contribution < -0.4 is 10.6 Å². The van der Waals surface area contributed by atoms with Gasteiger partial charge in [0.15, 0.2) is 10.4 Å². The van der Waals surface area contributed by atoms with Gasteiger partial charge in [-0.25, -0.2) is 5.84 Å². The lowest BCUT2D eigenvalue weighted by Gasteiger charge is -1.86. The van der Waals surface area contributed by atoms with Crippen molar-refractivity contribution in [1.82, 2.24) is 10.4 Å². The molecule has 5 nitrogen and oxygen atoms in total. The first-order valence-electron chi connectivity index (χ1n) is 2.71. The molecular formula is C4H9N4O+. The van der Waals surface area contributed by atoms with Gasteiger partial charge in [0.1, 0.15) is 0 Å². The van der Waals surface area contributed by atoms with E-state index in [9.17, 15) is 0 Å². The topological polar surface area (TPSA) is 68.8 Å². The van der Waals surface area contributed by atoms with Crippen molar-refractivity contribution in [2.75, 3.05) is 5.84 Å². The highest BCUT2D eigenvalue weighted by molar-refractivity contribution is 4.75. The van der Waals surface area contributed by atoms with Crippen molar-refractivity contribution in [3.63, 3.8) is 0 Å². The number of nitrogen functional groups attached to an aromatic ring is 1. The molecule has 1 aromatic rings. The van der Waals surface area contributed by atoms with Crippen LogP contribution in [0.5, 0.6) is 0 Å². The van der Waals surface area contributed by atoms with E-state index in [0.29, 0.717) is 5.82 Å². The molecule has 0 aliphatic heterocycles. The molecule has 0 bridgehead atoms. The Morgan fingerprint density at radius 1 is 1.67 bits per heavy atom. The van der Waals surface area contributed by atoms with Crippen molar-refractivity contribution in [1.29, 1.82) is 0 Å². The van der Waals surface area contributed by atoms with Gasteiger partial charge in [-0.05, 0) is 0 Å². The normalized spacial score (nSPS) is 10.6. The first-order chi connectivity index (χ1) is 4.22. The summed E-state index contributed by atoms with van der Waals surface area (Å²) in [6, 6.07) is 0. The molecule has 5 heteroatoms. The number of hydrogen-bond donors (Lipinski definition) is 1.